The van der Waals surface area contributed by atoms with Gasteiger partial charge in [0.05, 0.1) is 11.1 Å². The van der Waals surface area contributed by atoms with Gasteiger partial charge in [0.25, 0.3) is 0 Å². The largest absolute Gasteiger partial charge is 0.454 e. The van der Waals surface area contributed by atoms with Crippen molar-refractivity contribution in [1.29, 1.82) is 0 Å². The summed E-state index contributed by atoms with van der Waals surface area (Å²) in [5.41, 5.74) is -0.643. The maximum atomic E-state index is 12.0. The lowest BCUT2D eigenvalue weighted by Gasteiger charge is -2.38. The summed E-state index contributed by atoms with van der Waals surface area (Å²) < 4.78 is 10.6. The van der Waals surface area contributed by atoms with Gasteiger partial charge < -0.3 is 19.9 Å². The second kappa shape index (κ2) is 5.56. The summed E-state index contributed by atoms with van der Waals surface area (Å²) in [6, 6.07) is 5.69. The highest BCUT2D eigenvalue weighted by Crippen LogP contribution is 2.32. The summed E-state index contributed by atoms with van der Waals surface area (Å²) in [5.74, 6) is 1.39. The molecule has 0 fully saturated rings. The van der Waals surface area contributed by atoms with E-state index in [9.17, 15) is 9.90 Å². The first-order valence-electron chi connectivity index (χ1n) is 7.11. The Kier molecular flexibility index (Phi) is 4.14. The lowest BCUT2D eigenvalue weighted by molar-refractivity contribution is -0.126. The van der Waals surface area contributed by atoms with Crippen molar-refractivity contribution in [2.45, 2.75) is 51.7 Å². The summed E-state index contributed by atoms with van der Waals surface area (Å²) in [5, 5.41) is 12.9. The number of amides is 1. The molecule has 0 aromatic heterocycles. The standard InChI is InChI=1S/C16H23NO4/c1-15(2,16(3,4)19)17-14(18)8-6-11-5-7-12-13(9-11)21-10-20-12/h5,7,9,19H,6,8,10H2,1-4H3,(H,17,18). The molecule has 2 N–H and O–H groups in total. The molecule has 5 heteroatoms. The molecule has 0 radical (unpaired) electrons. The van der Waals surface area contributed by atoms with Gasteiger partial charge in [-0.1, -0.05) is 6.07 Å². The van der Waals surface area contributed by atoms with E-state index < -0.39 is 11.1 Å². The maximum absolute atomic E-state index is 12.0. The van der Waals surface area contributed by atoms with E-state index in [1.165, 1.54) is 0 Å². The van der Waals surface area contributed by atoms with Crippen LogP contribution in [-0.4, -0.2) is 28.9 Å². The van der Waals surface area contributed by atoms with Crippen LogP contribution in [0.2, 0.25) is 0 Å². The minimum Gasteiger partial charge on any atom is -0.454 e. The van der Waals surface area contributed by atoms with E-state index in [0.29, 0.717) is 12.8 Å². The monoisotopic (exact) mass is 293 g/mol. The average Bonchev–Trinajstić information content (AvgIpc) is 2.81. The quantitative estimate of drug-likeness (QED) is 0.871. The molecule has 1 heterocycles. The van der Waals surface area contributed by atoms with Crippen molar-refractivity contribution in [3.63, 3.8) is 0 Å². The van der Waals surface area contributed by atoms with Crippen molar-refractivity contribution in [2.75, 3.05) is 6.79 Å². The van der Waals surface area contributed by atoms with E-state index in [0.717, 1.165) is 17.1 Å². The van der Waals surface area contributed by atoms with E-state index >= 15 is 0 Å². The number of hydrogen-bond acceptors (Lipinski definition) is 4. The number of carbonyl (C=O) groups is 1. The molecule has 1 aromatic rings. The minimum absolute atomic E-state index is 0.0835. The number of ether oxygens (including phenoxy) is 2. The second-order valence-corrected chi connectivity index (χ2v) is 6.42. The van der Waals surface area contributed by atoms with Gasteiger partial charge in [-0.15, -0.1) is 0 Å². The zero-order chi connectivity index (χ0) is 15.7. The number of benzene rings is 1. The third kappa shape index (κ3) is 3.67. The van der Waals surface area contributed by atoms with Crippen LogP contribution < -0.4 is 14.8 Å². The van der Waals surface area contributed by atoms with Crippen molar-refractivity contribution in [3.05, 3.63) is 23.8 Å². The van der Waals surface area contributed by atoms with Gasteiger partial charge in [-0.25, -0.2) is 0 Å². The van der Waals surface area contributed by atoms with Crippen molar-refractivity contribution < 1.29 is 19.4 Å². The van der Waals surface area contributed by atoms with Crippen LogP contribution in [0.3, 0.4) is 0 Å². The van der Waals surface area contributed by atoms with Gasteiger partial charge in [-0.2, -0.15) is 0 Å². The number of fused-ring (bicyclic) bond motifs is 1. The van der Waals surface area contributed by atoms with Crippen LogP contribution in [0.25, 0.3) is 0 Å². The molecule has 0 unspecified atom stereocenters. The first-order valence-corrected chi connectivity index (χ1v) is 7.11. The van der Waals surface area contributed by atoms with Gasteiger partial charge in [-0.05, 0) is 51.8 Å². The van der Waals surface area contributed by atoms with Crippen molar-refractivity contribution in [3.8, 4) is 11.5 Å². The number of hydrogen-bond donors (Lipinski definition) is 2. The third-order valence-electron chi connectivity index (χ3n) is 4.06. The fourth-order valence-corrected chi connectivity index (χ4v) is 1.92. The van der Waals surface area contributed by atoms with Gasteiger partial charge in [0.2, 0.25) is 12.7 Å². The van der Waals surface area contributed by atoms with Crippen molar-refractivity contribution in [1.82, 2.24) is 5.32 Å². The molecule has 0 spiro atoms. The lowest BCUT2D eigenvalue weighted by atomic mass is 9.86. The highest BCUT2D eigenvalue weighted by molar-refractivity contribution is 5.77. The molecule has 5 nitrogen and oxygen atoms in total. The van der Waals surface area contributed by atoms with Crippen LogP contribution in [0.4, 0.5) is 0 Å². The molecule has 0 atom stereocenters. The Morgan fingerprint density at radius 1 is 1.24 bits per heavy atom. The number of rotatable bonds is 5. The van der Waals surface area contributed by atoms with E-state index in [1.807, 2.05) is 32.0 Å². The first kappa shape index (κ1) is 15.6. The molecular weight excluding hydrogens is 270 g/mol. The normalized spacial score (nSPS) is 14.1. The maximum Gasteiger partial charge on any atom is 0.231 e. The fraction of sp³-hybridized carbons (Fsp3) is 0.562. The third-order valence-corrected chi connectivity index (χ3v) is 4.06. The van der Waals surface area contributed by atoms with Gasteiger partial charge in [0.15, 0.2) is 11.5 Å². The van der Waals surface area contributed by atoms with Crippen LogP contribution in [0.15, 0.2) is 18.2 Å². The molecule has 21 heavy (non-hydrogen) atoms. The van der Waals surface area contributed by atoms with Gasteiger partial charge in [-0.3, -0.25) is 4.79 Å². The topological polar surface area (TPSA) is 67.8 Å². The number of nitrogens with one attached hydrogen (secondary N) is 1. The molecule has 2 rings (SSSR count). The smallest absolute Gasteiger partial charge is 0.231 e. The number of aliphatic hydroxyl groups is 1. The average molecular weight is 293 g/mol. The molecule has 0 aliphatic carbocycles. The molecular formula is C16H23NO4. The van der Waals surface area contributed by atoms with E-state index in [4.69, 9.17) is 9.47 Å². The zero-order valence-electron chi connectivity index (χ0n) is 13.0. The Labute approximate surface area is 125 Å². The van der Waals surface area contributed by atoms with Gasteiger partial charge in [0, 0.05) is 6.42 Å². The van der Waals surface area contributed by atoms with Crippen molar-refractivity contribution in [2.24, 2.45) is 0 Å². The number of aryl methyl sites for hydroxylation is 1. The van der Waals surface area contributed by atoms with Gasteiger partial charge >= 0.3 is 0 Å². The van der Waals surface area contributed by atoms with Crippen LogP contribution in [0, 0.1) is 0 Å². The van der Waals surface area contributed by atoms with Crippen LogP contribution >= 0.6 is 0 Å². The summed E-state index contributed by atoms with van der Waals surface area (Å²) in [6.07, 6.45) is 0.976. The second-order valence-electron chi connectivity index (χ2n) is 6.42. The molecule has 0 saturated carbocycles. The summed E-state index contributed by atoms with van der Waals surface area (Å²) in [6.45, 7) is 7.24. The molecule has 0 bridgehead atoms. The molecule has 1 aromatic carbocycles. The highest BCUT2D eigenvalue weighted by Gasteiger charge is 2.36. The summed E-state index contributed by atoms with van der Waals surface area (Å²) in [7, 11) is 0. The van der Waals surface area contributed by atoms with E-state index in [2.05, 4.69) is 5.32 Å². The number of carbonyl (C=O) groups excluding carboxylic acids is 1. The first-order chi connectivity index (χ1) is 9.69. The van der Waals surface area contributed by atoms with Crippen molar-refractivity contribution >= 4 is 5.91 Å². The fourth-order valence-electron chi connectivity index (χ4n) is 1.92. The summed E-state index contributed by atoms with van der Waals surface area (Å²) in [4.78, 5) is 12.0. The van der Waals surface area contributed by atoms with Crippen LogP contribution in [-0.2, 0) is 11.2 Å². The Morgan fingerprint density at radius 3 is 2.57 bits per heavy atom. The summed E-state index contributed by atoms with van der Waals surface area (Å²) >= 11 is 0. The van der Waals surface area contributed by atoms with Gasteiger partial charge in [0.1, 0.15) is 0 Å². The Hall–Kier alpha value is -1.75. The lowest BCUT2D eigenvalue weighted by Crippen LogP contribution is -2.57. The molecule has 116 valence electrons. The Balaban J connectivity index is 1.90. The van der Waals surface area contributed by atoms with Crippen LogP contribution in [0.1, 0.15) is 39.7 Å². The Bertz CT molecular complexity index is 532. The molecule has 1 amide bonds. The molecule has 1 aliphatic heterocycles. The molecule has 1 aliphatic rings. The predicted octanol–water partition coefficient (Wildman–Crippen LogP) is 2.01. The van der Waals surface area contributed by atoms with E-state index in [1.54, 1.807) is 13.8 Å². The minimum atomic E-state index is -0.985. The predicted molar refractivity (Wildman–Crippen MR) is 79.4 cm³/mol. The van der Waals surface area contributed by atoms with E-state index in [-0.39, 0.29) is 12.7 Å². The Morgan fingerprint density at radius 2 is 1.90 bits per heavy atom. The van der Waals surface area contributed by atoms with Crippen LogP contribution in [0.5, 0.6) is 11.5 Å². The molecule has 0 saturated heterocycles. The zero-order valence-corrected chi connectivity index (χ0v) is 13.0. The SMILES string of the molecule is CC(C)(O)C(C)(C)NC(=O)CCc1ccc2c(c1)OCO2. The highest BCUT2D eigenvalue weighted by atomic mass is 16.7.